The van der Waals surface area contributed by atoms with Gasteiger partial charge in [-0.2, -0.15) is 0 Å². The van der Waals surface area contributed by atoms with Crippen molar-refractivity contribution in [2.45, 2.75) is 0 Å². The van der Waals surface area contributed by atoms with Gasteiger partial charge < -0.3 is 14.8 Å². The smallest absolute Gasteiger partial charge is 0.337 e. The predicted molar refractivity (Wildman–Crippen MR) is 116 cm³/mol. The Kier molecular flexibility index (Phi) is 8.07. The number of piperazine rings is 1. The maximum absolute atomic E-state index is 12.3. The molecule has 1 aliphatic rings. The number of rotatable bonds is 8. The lowest BCUT2D eigenvalue weighted by Crippen LogP contribution is -2.49. The van der Waals surface area contributed by atoms with Gasteiger partial charge in [-0.15, -0.1) is 0 Å². The highest BCUT2D eigenvalue weighted by Crippen LogP contribution is 2.22. The number of nitrogens with zero attached hydrogens (tertiary/aromatic N) is 2. The number of methoxy groups -OCH3 is 1. The van der Waals surface area contributed by atoms with Gasteiger partial charge in [-0.05, 0) is 36.4 Å². The lowest BCUT2D eigenvalue weighted by Gasteiger charge is -2.34. The van der Waals surface area contributed by atoms with Crippen LogP contribution in [0.15, 0.2) is 48.5 Å². The molecule has 2 aromatic carbocycles. The van der Waals surface area contributed by atoms with E-state index in [1.165, 1.54) is 7.11 Å². The summed E-state index contributed by atoms with van der Waals surface area (Å²) in [6, 6.07) is 14.1. The zero-order chi connectivity index (χ0) is 21.3. The molecule has 1 amide bonds. The SMILES string of the molecule is COC(=O)c1ccc(NC(=O)CN2CCN(CCOc3ccccc3Cl)CC2)cc1. The van der Waals surface area contributed by atoms with Gasteiger partial charge in [0.05, 0.1) is 24.2 Å². The monoisotopic (exact) mass is 431 g/mol. The quantitative estimate of drug-likeness (QED) is 0.648. The molecule has 0 aromatic heterocycles. The summed E-state index contributed by atoms with van der Waals surface area (Å²) < 4.78 is 10.4. The number of para-hydroxylation sites is 1. The van der Waals surface area contributed by atoms with Gasteiger partial charge in [-0.25, -0.2) is 4.79 Å². The van der Waals surface area contributed by atoms with Crippen molar-refractivity contribution in [2.24, 2.45) is 0 Å². The molecule has 7 nitrogen and oxygen atoms in total. The molecule has 1 aliphatic heterocycles. The van der Waals surface area contributed by atoms with Gasteiger partial charge in [-0.3, -0.25) is 14.6 Å². The second-order valence-corrected chi connectivity index (χ2v) is 7.42. The minimum atomic E-state index is -0.400. The van der Waals surface area contributed by atoms with E-state index >= 15 is 0 Å². The van der Waals surface area contributed by atoms with Gasteiger partial charge in [0.15, 0.2) is 0 Å². The fourth-order valence-electron chi connectivity index (χ4n) is 3.23. The van der Waals surface area contributed by atoms with E-state index in [9.17, 15) is 9.59 Å². The summed E-state index contributed by atoms with van der Waals surface area (Å²) in [4.78, 5) is 28.2. The molecule has 0 radical (unpaired) electrons. The van der Waals surface area contributed by atoms with Gasteiger partial charge in [0.2, 0.25) is 5.91 Å². The third-order valence-corrected chi connectivity index (χ3v) is 5.24. The topological polar surface area (TPSA) is 71.1 Å². The van der Waals surface area contributed by atoms with Crippen LogP contribution in [0.5, 0.6) is 5.75 Å². The number of anilines is 1. The molecule has 160 valence electrons. The van der Waals surface area contributed by atoms with E-state index in [0.29, 0.717) is 35.2 Å². The number of nitrogens with one attached hydrogen (secondary N) is 1. The molecule has 0 atom stereocenters. The fourth-order valence-corrected chi connectivity index (χ4v) is 3.42. The number of carbonyl (C=O) groups excluding carboxylic acids is 2. The van der Waals surface area contributed by atoms with Crippen LogP contribution in [-0.2, 0) is 9.53 Å². The third kappa shape index (κ3) is 6.45. The van der Waals surface area contributed by atoms with Crippen LogP contribution in [0.4, 0.5) is 5.69 Å². The van der Waals surface area contributed by atoms with Crippen molar-refractivity contribution in [1.82, 2.24) is 9.80 Å². The Morgan fingerprint density at radius 1 is 1.00 bits per heavy atom. The molecule has 0 saturated carbocycles. The number of hydrogen-bond acceptors (Lipinski definition) is 6. The largest absolute Gasteiger partial charge is 0.491 e. The summed E-state index contributed by atoms with van der Waals surface area (Å²) in [7, 11) is 1.34. The van der Waals surface area contributed by atoms with E-state index in [4.69, 9.17) is 16.3 Å². The highest BCUT2D eigenvalue weighted by Gasteiger charge is 2.19. The van der Waals surface area contributed by atoms with Crippen LogP contribution in [0.1, 0.15) is 10.4 Å². The highest BCUT2D eigenvalue weighted by molar-refractivity contribution is 6.32. The van der Waals surface area contributed by atoms with Crippen molar-refractivity contribution in [2.75, 3.05) is 58.3 Å². The molecule has 8 heteroatoms. The van der Waals surface area contributed by atoms with Crippen LogP contribution in [0, 0.1) is 0 Å². The molecule has 30 heavy (non-hydrogen) atoms. The summed E-state index contributed by atoms with van der Waals surface area (Å²) in [5.41, 5.74) is 1.10. The number of amides is 1. The molecular formula is C22H26ClN3O4. The Morgan fingerprint density at radius 3 is 2.33 bits per heavy atom. The number of ether oxygens (including phenoxy) is 2. The van der Waals surface area contributed by atoms with Crippen LogP contribution in [0.2, 0.25) is 5.02 Å². The first-order valence-electron chi connectivity index (χ1n) is 9.85. The van der Waals surface area contributed by atoms with Crippen molar-refractivity contribution in [3.63, 3.8) is 0 Å². The second kappa shape index (κ2) is 11.0. The number of carbonyl (C=O) groups is 2. The molecule has 0 bridgehead atoms. The normalized spacial score (nSPS) is 14.9. The molecule has 0 aliphatic carbocycles. The molecule has 0 spiro atoms. The Balaban J connectivity index is 1.35. The van der Waals surface area contributed by atoms with Gasteiger partial charge >= 0.3 is 5.97 Å². The van der Waals surface area contributed by atoms with Crippen LogP contribution in [-0.4, -0.2) is 74.7 Å². The van der Waals surface area contributed by atoms with E-state index in [1.807, 2.05) is 24.3 Å². The maximum Gasteiger partial charge on any atom is 0.337 e. The molecular weight excluding hydrogens is 406 g/mol. The lowest BCUT2D eigenvalue weighted by atomic mass is 10.2. The second-order valence-electron chi connectivity index (χ2n) is 7.01. The number of hydrogen-bond donors (Lipinski definition) is 1. The van der Waals surface area contributed by atoms with Gasteiger partial charge in [0.25, 0.3) is 0 Å². The molecule has 1 N–H and O–H groups in total. The van der Waals surface area contributed by atoms with Crippen LogP contribution >= 0.6 is 11.6 Å². The average Bonchev–Trinajstić information content (AvgIpc) is 2.76. The maximum atomic E-state index is 12.3. The molecule has 1 saturated heterocycles. The van der Waals surface area contributed by atoms with Crippen molar-refractivity contribution < 1.29 is 19.1 Å². The Morgan fingerprint density at radius 2 is 1.67 bits per heavy atom. The summed E-state index contributed by atoms with van der Waals surface area (Å²) in [6.45, 7) is 5.13. The van der Waals surface area contributed by atoms with E-state index in [1.54, 1.807) is 24.3 Å². The van der Waals surface area contributed by atoms with Crippen molar-refractivity contribution in [3.8, 4) is 5.75 Å². The molecule has 1 fully saturated rings. The van der Waals surface area contributed by atoms with Crippen molar-refractivity contribution in [1.29, 1.82) is 0 Å². The first-order valence-corrected chi connectivity index (χ1v) is 10.2. The zero-order valence-corrected chi connectivity index (χ0v) is 17.7. The Bertz CT molecular complexity index is 852. The first kappa shape index (κ1) is 22.1. The summed E-state index contributed by atoms with van der Waals surface area (Å²) in [5, 5.41) is 3.48. The number of halogens is 1. The van der Waals surface area contributed by atoms with E-state index in [0.717, 1.165) is 32.7 Å². The standard InChI is InChI=1S/C22H26ClN3O4/c1-29-22(28)17-6-8-18(9-7-17)24-21(27)16-26-12-10-25(11-13-26)14-15-30-20-5-3-2-4-19(20)23/h2-9H,10-16H2,1H3,(H,24,27). The molecule has 1 heterocycles. The van der Waals surface area contributed by atoms with Crippen LogP contribution < -0.4 is 10.1 Å². The average molecular weight is 432 g/mol. The zero-order valence-electron chi connectivity index (χ0n) is 17.0. The van der Waals surface area contributed by atoms with Gasteiger partial charge in [-0.1, -0.05) is 23.7 Å². The number of esters is 1. The van der Waals surface area contributed by atoms with E-state index < -0.39 is 5.97 Å². The highest BCUT2D eigenvalue weighted by atomic mass is 35.5. The van der Waals surface area contributed by atoms with E-state index in [2.05, 4.69) is 19.9 Å². The molecule has 2 aromatic rings. The van der Waals surface area contributed by atoms with Crippen LogP contribution in [0.25, 0.3) is 0 Å². The van der Waals surface area contributed by atoms with E-state index in [-0.39, 0.29) is 5.91 Å². The molecule has 3 rings (SSSR count). The Hall–Kier alpha value is -2.61. The predicted octanol–water partition coefficient (Wildman–Crippen LogP) is 2.76. The van der Waals surface area contributed by atoms with Gasteiger partial charge in [0, 0.05) is 38.4 Å². The van der Waals surface area contributed by atoms with Crippen molar-refractivity contribution in [3.05, 3.63) is 59.1 Å². The van der Waals surface area contributed by atoms with Crippen LogP contribution in [0.3, 0.4) is 0 Å². The summed E-state index contributed by atoms with van der Waals surface area (Å²) in [5.74, 6) is 0.230. The van der Waals surface area contributed by atoms with Crippen molar-refractivity contribution >= 4 is 29.2 Å². The lowest BCUT2D eigenvalue weighted by molar-refractivity contribution is -0.117. The fraction of sp³-hybridized carbons (Fsp3) is 0.364. The Labute approximate surface area is 181 Å². The molecule has 0 unspecified atom stereocenters. The number of benzene rings is 2. The van der Waals surface area contributed by atoms with Gasteiger partial charge in [0.1, 0.15) is 12.4 Å². The first-order chi connectivity index (χ1) is 14.5. The third-order valence-electron chi connectivity index (χ3n) is 4.92. The minimum Gasteiger partial charge on any atom is -0.491 e. The summed E-state index contributed by atoms with van der Waals surface area (Å²) in [6.07, 6.45) is 0. The minimum absolute atomic E-state index is 0.0729. The summed E-state index contributed by atoms with van der Waals surface area (Å²) >= 11 is 6.10.